The number of sulfonamides is 1. The Morgan fingerprint density at radius 3 is 1.14 bits per heavy atom. The Kier molecular flexibility index (Phi) is 8.24. The van der Waals surface area contributed by atoms with Gasteiger partial charge >= 0.3 is 57.0 Å². The topological polar surface area (TPSA) is 54.4 Å². The molecule has 0 saturated carbocycles. The van der Waals surface area contributed by atoms with Crippen molar-refractivity contribution in [3.05, 3.63) is 0 Å². The smallest absolute Gasteiger partial charge is 0.390 e. The summed E-state index contributed by atoms with van der Waals surface area (Å²) in [5, 5.41) is 0.459. The fraction of sp³-hybridized carbons (Fsp3) is 1.00. The first-order valence-corrected chi connectivity index (χ1v) is 9.45. The number of alkyl halides is 17. The molecule has 0 aliphatic rings. The molecule has 0 saturated heterocycles. The van der Waals surface area contributed by atoms with Crippen molar-refractivity contribution in [3.8, 4) is 0 Å². The van der Waals surface area contributed by atoms with Gasteiger partial charge < -0.3 is 5.11 Å². The summed E-state index contributed by atoms with van der Waals surface area (Å²) in [5.41, 5.74) is 0. The molecule has 0 bridgehead atoms. The summed E-state index contributed by atoms with van der Waals surface area (Å²) in [7, 11) is -7.99. The summed E-state index contributed by atoms with van der Waals surface area (Å²) in [6, 6.07) is 0. The zero-order chi connectivity index (χ0) is 29.1. The number of nitrogens with zero attached hydrogens (tertiary/aromatic N) is 1. The second-order valence-electron chi connectivity index (χ2n) is 6.49. The van der Waals surface area contributed by atoms with Crippen LogP contribution in [0.5, 0.6) is 0 Å². The van der Waals surface area contributed by atoms with Crippen LogP contribution in [0, 0.1) is 0 Å². The van der Waals surface area contributed by atoms with Gasteiger partial charge in [0.15, 0.2) is 6.54 Å². The van der Waals surface area contributed by atoms with E-state index in [-0.39, 0.29) is 6.92 Å². The summed E-state index contributed by atoms with van der Waals surface area (Å²) in [4.78, 5) is 0. The normalized spacial score (nSPS) is 17.9. The molecule has 23 heteroatoms. The van der Waals surface area contributed by atoms with Crippen molar-refractivity contribution >= 4 is 10.0 Å². The summed E-state index contributed by atoms with van der Waals surface area (Å²) in [6.45, 7) is -5.85. The van der Waals surface area contributed by atoms with Crippen molar-refractivity contribution in [2.24, 2.45) is 0 Å². The molecule has 0 aromatic carbocycles. The van der Waals surface area contributed by atoms with E-state index in [1.807, 2.05) is 0 Å². The van der Waals surface area contributed by atoms with E-state index in [2.05, 4.69) is 0 Å². The molecule has 4 nitrogen and oxygen atoms in total. The monoisotopic (exact) mass is 590 g/mol. The van der Waals surface area contributed by atoms with E-state index in [1.165, 1.54) is 0 Å². The second kappa shape index (κ2) is 8.58. The van der Waals surface area contributed by atoms with Crippen molar-refractivity contribution in [1.82, 2.24) is 0 Å². The summed E-state index contributed by atoms with van der Waals surface area (Å²) >= 11 is 0. The molecule has 212 valence electrons. The number of hydrogen-bond acceptors (Lipinski definition) is 3. The maximum atomic E-state index is 14.2. The maximum absolute atomic E-state index is 14.2. The van der Waals surface area contributed by atoms with Crippen LogP contribution in [-0.2, 0) is 10.0 Å². The first kappa shape index (κ1) is 33.6. The molecule has 0 fully saturated rings. The lowest BCUT2D eigenvalue weighted by Crippen LogP contribution is -2.75. The van der Waals surface area contributed by atoms with Crippen LogP contribution in [-0.4, -0.2) is 84.3 Å². The summed E-state index contributed by atoms with van der Waals surface area (Å²) < 4.78 is 257. The minimum Gasteiger partial charge on any atom is -0.390 e. The SMILES string of the molecule is CC[N+](F)(CCO)S(=O)(=O)C(F)(F)C(F)(F)C(F)(F)C(F)(F)C(F)(F)C(F)(F)C(F)(F)C(F)(F)F. The van der Waals surface area contributed by atoms with Gasteiger partial charge in [0, 0.05) is 4.48 Å². The van der Waals surface area contributed by atoms with Crippen molar-refractivity contribution < 1.29 is 96.8 Å². The maximum Gasteiger partial charge on any atom is 0.467 e. The zero-order valence-corrected chi connectivity index (χ0v) is 16.9. The lowest BCUT2D eigenvalue weighted by atomic mass is 9.91. The van der Waals surface area contributed by atoms with Gasteiger partial charge in [-0.1, -0.05) is 0 Å². The molecule has 1 atom stereocenters. The predicted octanol–water partition coefficient (Wildman–Crippen LogP) is 5.00. The fourth-order valence-electron chi connectivity index (χ4n) is 2.11. The van der Waals surface area contributed by atoms with E-state index in [0.717, 1.165) is 0 Å². The lowest BCUT2D eigenvalue weighted by Gasteiger charge is -2.42. The van der Waals surface area contributed by atoms with Gasteiger partial charge in [-0.2, -0.15) is 83.1 Å². The van der Waals surface area contributed by atoms with E-state index < -0.39 is 80.8 Å². The molecular weight excluding hydrogens is 580 g/mol. The summed E-state index contributed by atoms with van der Waals surface area (Å²) in [5.74, 6) is -52.5. The molecule has 1 N–H and O–H groups in total. The van der Waals surface area contributed by atoms with Gasteiger partial charge in [-0.05, 0) is 11.0 Å². The highest BCUT2D eigenvalue weighted by atomic mass is 32.2. The first-order chi connectivity index (χ1) is 14.9. The third kappa shape index (κ3) is 4.07. The van der Waals surface area contributed by atoms with Gasteiger partial charge in [0.1, 0.15) is 6.54 Å². The molecule has 0 aliphatic heterocycles. The average Bonchev–Trinajstić information content (AvgIpc) is 2.65. The van der Waals surface area contributed by atoms with Gasteiger partial charge in [-0.3, -0.25) is 0 Å². The molecule has 0 spiro atoms. The Morgan fingerprint density at radius 2 is 0.886 bits per heavy atom. The van der Waals surface area contributed by atoms with Crippen LogP contribution in [0.25, 0.3) is 0 Å². The van der Waals surface area contributed by atoms with Crippen LogP contribution >= 0.6 is 0 Å². The lowest BCUT2D eigenvalue weighted by molar-refractivity contribution is -0.950. The predicted molar refractivity (Wildman–Crippen MR) is 73.5 cm³/mol. The van der Waals surface area contributed by atoms with E-state index in [0.29, 0.717) is 0 Å². The molecule has 0 amide bonds. The Hall–Kier alpha value is -1.39. The van der Waals surface area contributed by atoms with Crippen molar-refractivity contribution in [3.63, 3.8) is 0 Å². The molecule has 0 aromatic heterocycles. The van der Waals surface area contributed by atoms with Gasteiger partial charge in [0.2, 0.25) is 0 Å². The van der Waals surface area contributed by atoms with Crippen LogP contribution in [0.4, 0.5) is 79.1 Å². The quantitative estimate of drug-likeness (QED) is 0.273. The van der Waals surface area contributed by atoms with Crippen LogP contribution in [0.1, 0.15) is 6.92 Å². The number of aliphatic hydroxyl groups excluding tert-OH is 1. The van der Waals surface area contributed by atoms with Gasteiger partial charge in [-0.25, -0.2) is 0 Å². The van der Waals surface area contributed by atoms with Crippen LogP contribution < -0.4 is 0 Å². The molecular formula is C12H10F18NO3S+. The number of halogens is 18. The Morgan fingerprint density at radius 1 is 0.600 bits per heavy atom. The second-order valence-corrected chi connectivity index (χ2v) is 8.61. The van der Waals surface area contributed by atoms with Crippen LogP contribution in [0.2, 0.25) is 0 Å². The Balaban J connectivity index is 7.15. The Labute approximate surface area is 181 Å². The standard InChI is InChI=1S/C12H10F18NO3S/c1-2-31(30,3-4-32)35(33,34)12(28,29)10(23,24)8(19,20)6(15,16)5(13,14)7(17,18)9(21,22)11(25,26)27/h32H,2-4H2,1H3/q+1. The van der Waals surface area contributed by atoms with Crippen molar-refractivity contribution in [1.29, 1.82) is 0 Å². The number of aliphatic hydroxyl groups is 1. The number of rotatable bonds is 11. The van der Waals surface area contributed by atoms with Crippen molar-refractivity contribution in [2.45, 2.75) is 53.9 Å². The van der Waals surface area contributed by atoms with Crippen molar-refractivity contribution in [2.75, 3.05) is 19.7 Å². The summed E-state index contributed by atoms with van der Waals surface area (Å²) in [6.07, 6.45) is -7.93. The van der Waals surface area contributed by atoms with E-state index in [9.17, 15) is 87.5 Å². The number of likely N-dealkylation sites (N-methyl/N-ethyl adjacent to an activating group) is 1. The van der Waals surface area contributed by atoms with E-state index >= 15 is 0 Å². The van der Waals surface area contributed by atoms with Gasteiger partial charge in [-0.15, -0.1) is 0 Å². The van der Waals surface area contributed by atoms with Crippen LogP contribution in [0.3, 0.4) is 0 Å². The number of quaternary nitrogens is 1. The highest BCUT2D eigenvalue weighted by molar-refractivity contribution is 7.87. The molecule has 0 aromatic rings. The highest BCUT2D eigenvalue weighted by Gasteiger charge is 2.97. The highest BCUT2D eigenvalue weighted by Crippen LogP contribution is 2.64. The molecule has 0 radical (unpaired) electrons. The van der Waals surface area contributed by atoms with Gasteiger partial charge in [0.25, 0.3) is 0 Å². The average molecular weight is 590 g/mol. The first-order valence-electron chi connectivity index (χ1n) is 8.01. The molecule has 1 unspecified atom stereocenters. The zero-order valence-electron chi connectivity index (χ0n) is 16.0. The molecule has 35 heavy (non-hydrogen) atoms. The fourth-order valence-corrected chi connectivity index (χ4v) is 3.64. The minimum absolute atomic E-state index is 0.197. The minimum atomic E-state index is -8.99. The van der Waals surface area contributed by atoms with Crippen LogP contribution in [0.15, 0.2) is 0 Å². The number of hydrogen-bond donors (Lipinski definition) is 1. The third-order valence-corrected chi connectivity index (χ3v) is 6.56. The third-order valence-electron chi connectivity index (χ3n) is 4.35. The Bertz CT molecular complexity index is 882. The largest absolute Gasteiger partial charge is 0.467 e. The molecule has 0 heterocycles. The molecule has 0 rings (SSSR count). The molecule has 0 aliphatic carbocycles. The van der Waals surface area contributed by atoms with E-state index in [1.54, 1.807) is 0 Å². The van der Waals surface area contributed by atoms with E-state index in [4.69, 9.17) is 5.11 Å². The van der Waals surface area contributed by atoms with Gasteiger partial charge in [0.05, 0.1) is 6.61 Å².